The number of benzene rings is 1. The highest BCUT2D eigenvalue weighted by molar-refractivity contribution is 9.10. The highest BCUT2D eigenvalue weighted by Crippen LogP contribution is 2.36. The SMILES string of the molecule is Cc1nsc(Nc2cc(C(F)(F)F)ccc2Br)c1C(=O)O. The van der Waals surface area contributed by atoms with Gasteiger partial charge in [0.05, 0.1) is 16.9 Å². The summed E-state index contributed by atoms with van der Waals surface area (Å²) in [6.07, 6.45) is -4.48. The molecule has 0 saturated carbocycles. The Labute approximate surface area is 129 Å². The summed E-state index contributed by atoms with van der Waals surface area (Å²) < 4.78 is 42.4. The van der Waals surface area contributed by atoms with E-state index in [1.807, 2.05) is 0 Å². The summed E-state index contributed by atoms with van der Waals surface area (Å²) >= 11 is 4.01. The zero-order valence-corrected chi connectivity index (χ0v) is 12.9. The first-order chi connectivity index (χ1) is 9.70. The maximum atomic E-state index is 12.7. The summed E-state index contributed by atoms with van der Waals surface area (Å²) in [5, 5.41) is 12.0. The molecular formula is C12H8BrF3N2O2S. The van der Waals surface area contributed by atoms with Crippen LogP contribution in [-0.2, 0) is 6.18 Å². The van der Waals surface area contributed by atoms with Crippen molar-refractivity contribution in [2.45, 2.75) is 13.1 Å². The zero-order chi connectivity index (χ0) is 15.8. The van der Waals surface area contributed by atoms with Gasteiger partial charge in [-0.25, -0.2) is 4.79 Å². The number of nitrogens with one attached hydrogen (secondary N) is 1. The fraction of sp³-hybridized carbons (Fsp3) is 0.167. The first-order valence-corrected chi connectivity index (χ1v) is 7.10. The minimum atomic E-state index is -4.48. The molecule has 0 atom stereocenters. The van der Waals surface area contributed by atoms with Gasteiger partial charge in [-0.2, -0.15) is 17.5 Å². The minimum Gasteiger partial charge on any atom is -0.478 e. The molecule has 2 aromatic rings. The van der Waals surface area contributed by atoms with Crippen molar-refractivity contribution in [2.24, 2.45) is 0 Å². The van der Waals surface area contributed by atoms with E-state index in [0.29, 0.717) is 10.2 Å². The molecular weight excluding hydrogens is 373 g/mol. The molecule has 9 heteroatoms. The van der Waals surface area contributed by atoms with Crippen molar-refractivity contribution in [3.05, 3.63) is 39.5 Å². The van der Waals surface area contributed by atoms with Crippen molar-refractivity contribution >= 4 is 44.1 Å². The van der Waals surface area contributed by atoms with E-state index in [0.717, 1.165) is 23.7 Å². The minimum absolute atomic E-state index is 0.0516. The van der Waals surface area contributed by atoms with Gasteiger partial charge < -0.3 is 10.4 Å². The number of nitrogens with zero attached hydrogens (tertiary/aromatic N) is 1. The number of aromatic carboxylic acids is 1. The lowest BCUT2D eigenvalue weighted by Gasteiger charge is -2.12. The van der Waals surface area contributed by atoms with Gasteiger partial charge in [0, 0.05) is 4.47 Å². The zero-order valence-electron chi connectivity index (χ0n) is 10.5. The number of alkyl halides is 3. The van der Waals surface area contributed by atoms with Crippen LogP contribution < -0.4 is 5.32 Å². The number of carboxylic acid groups (broad SMARTS) is 1. The number of hydrogen-bond acceptors (Lipinski definition) is 4. The second-order valence-corrected chi connectivity index (χ2v) is 5.72. The molecule has 112 valence electrons. The number of rotatable bonds is 3. The first-order valence-electron chi connectivity index (χ1n) is 5.53. The number of carboxylic acids is 1. The van der Waals surface area contributed by atoms with Crippen LogP contribution in [0.4, 0.5) is 23.9 Å². The quantitative estimate of drug-likeness (QED) is 0.811. The van der Waals surface area contributed by atoms with E-state index in [1.165, 1.54) is 13.0 Å². The average molecular weight is 381 g/mol. The van der Waals surface area contributed by atoms with Crippen LogP contribution in [0.2, 0.25) is 0 Å². The third kappa shape index (κ3) is 3.35. The van der Waals surface area contributed by atoms with Crippen molar-refractivity contribution in [3.8, 4) is 0 Å². The molecule has 2 N–H and O–H groups in total. The van der Waals surface area contributed by atoms with Gasteiger partial charge in [0.1, 0.15) is 10.6 Å². The molecule has 0 amide bonds. The lowest BCUT2D eigenvalue weighted by molar-refractivity contribution is -0.137. The van der Waals surface area contributed by atoms with Crippen LogP contribution in [0.25, 0.3) is 0 Å². The summed E-state index contributed by atoms with van der Waals surface area (Å²) in [6.45, 7) is 1.52. The lowest BCUT2D eigenvalue weighted by atomic mass is 10.2. The molecule has 0 aliphatic heterocycles. The van der Waals surface area contributed by atoms with Crippen molar-refractivity contribution in [1.82, 2.24) is 4.37 Å². The molecule has 0 spiro atoms. The number of anilines is 2. The summed E-state index contributed by atoms with van der Waals surface area (Å²) in [5.74, 6) is -1.19. The van der Waals surface area contributed by atoms with Crippen LogP contribution in [0.15, 0.2) is 22.7 Å². The van der Waals surface area contributed by atoms with Crippen LogP contribution in [0.1, 0.15) is 21.6 Å². The largest absolute Gasteiger partial charge is 0.478 e. The Bertz CT molecular complexity index is 700. The Morgan fingerprint density at radius 3 is 2.67 bits per heavy atom. The van der Waals surface area contributed by atoms with Crippen LogP contribution in [0.3, 0.4) is 0 Å². The van der Waals surface area contributed by atoms with Crippen molar-refractivity contribution in [3.63, 3.8) is 0 Å². The molecule has 4 nitrogen and oxygen atoms in total. The number of aromatic nitrogens is 1. The molecule has 0 radical (unpaired) electrons. The Morgan fingerprint density at radius 1 is 1.43 bits per heavy atom. The fourth-order valence-electron chi connectivity index (χ4n) is 1.63. The molecule has 21 heavy (non-hydrogen) atoms. The standard InChI is InChI=1S/C12H8BrF3N2O2S/c1-5-9(11(19)20)10(21-18-5)17-8-4-6(12(14,15)16)2-3-7(8)13/h2-4,17H,1H3,(H,19,20). The molecule has 1 aromatic heterocycles. The number of halogens is 4. The van der Waals surface area contributed by atoms with Gasteiger partial charge in [0.2, 0.25) is 0 Å². The van der Waals surface area contributed by atoms with E-state index in [4.69, 9.17) is 5.11 Å². The summed E-state index contributed by atoms with van der Waals surface area (Å²) in [7, 11) is 0. The molecule has 0 aliphatic carbocycles. The van der Waals surface area contributed by atoms with E-state index in [-0.39, 0.29) is 16.3 Å². The molecule has 2 rings (SSSR count). The smallest absolute Gasteiger partial charge is 0.416 e. The highest BCUT2D eigenvalue weighted by Gasteiger charge is 2.31. The molecule has 0 fully saturated rings. The Morgan fingerprint density at radius 2 is 2.10 bits per heavy atom. The number of aryl methyl sites for hydroxylation is 1. The monoisotopic (exact) mass is 380 g/mol. The normalized spacial score (nSPS) is 11.5. The third-order valence-corrected chi connectivity index (χ3v) is 4.16. The van der Waals surface area contributed by atoms with Crippen molar-refractivity contribution < 1.29 is 23.1 Å². The van der Waals surface area contributed by atoms with E-state index in [1.54, 1.807) is 0 Å². The third-order valence-electron chi connectivity index (χ3n) is 2.62. The second kappa shape index (κ2) is 5.64. The van der Waals surface area contributed by atoms with Gasteiger partial charge >= 0.3 is 12.1 Å². The van der Waals surface area contributed by atoms with Crippen molar-refractivity contribution in [1.29, 1.82) is 0 Å². The van der Waals surface area contributed by atoms with E-state index < -0.39 is 17.7 Å². The molecule has 0 saturated heterocycles. The lowest BCUT2D eigenvalue weighted by Crippen LogP contribution is -2.06. The molecule has 1 heterocycles. The molecule has 0 unspecified atom stereocenters. The first kappa shape index (κ1) is 15.8. The maximum absolute atomic E-state index is 12.7. The Kier molecular flexibility index (Phi) is 4.24. The fourth-order valence-corrected chi connectivity index (χ4v) is 2.77. The van der Waals surface area contributed by atoms with E-state index in [2.05, 4.69) is 25.6 Å². The highest BCUT2D eigenvalue weighted by atomic mass is 79.9. The Hall–Kier alpha value is -1.61. The summed E-state index contributed by atoms with van der Waals surface area (Å²) in [4.78, 5) is 11.1. The average Bonchev–Trinajstić information content (AvgIpc) is 2.72. The molecule has 1 aromatic carbocycles. The van der Waals surface area contributed by atoms with Gasteiger partial charge in [0.15, 0.2) is 0 Å². The maximum Gasteiger partial charge on any atom is 0.416 e. The summed E-state index contributed by atoms with van der Waals surface area (Å²) in [5.41, 5.74) is -0.454. The molecule has 0 aliphatic rings. The Balaban J connectivity index is 2.43. The van der Waals surface area contributed by atoms with Crippen LogP contribution in [0.5, 0.6) is 0 Å². The summed E-state index contributed by atoms with van der Waals surface area (Å²) in [6, 6.07) is 3.09. The molecule has 0 bridgehead atoms. The number of hydrogen-bond donors (Lipinski definition) is 2. The van der Waals surface area contributed by atoms with Gasteiger partial charge in [-0.05, 0) is 52.6 Å². The van der Waals surface area contributed by atoms with Crippen LogP contribution >= 0.6 is 27.5 Å². The van der Waals surface area contributed by atoms with E-state index in [9.17, 15) is 18.0 Å². The predicted octanol–water partition coefficient (Wildman–Crippen LogP) is 4.67. The van der Waals surface area contributed by atoms with Crippen LogP contribution in [-0.4, -0.2) is 15.4 Å². The van der Waals surface area contributed by atoms with E-state index >= 15 is 0 Å². The number of carbonyl (C=O) groups is 1. The van der Waals surface area contributed by atoms with Crippen molar-refractivity contribution in [2.75, 3.05) is 5.32 Å². The second-order valence-electron chi connectivity index (χ2n) is 4.09. The predicted molar refractivity (Wildman–Crippen MR) is 76.2 cm³/mol. The van der Waals surface area contributed by atoms with Gasteiger partial charge in [-0.1, -0.05) is 0 Å². The van der Waals surface area contributed by atoms with Gasteiger partial charge in [0.25, 0.3) is 0 Å². The topological polar surface area (TPSA) is 62.2 Å². The van der Waals surface area contributed by atoms with Gasteiger partial charge in [-0.3, -0.25) is 0 Å². The van der Waals surface area contributed by atoms with Crippen LogP contribution in [0, 0.1) is 6.92 Å². The van der Waals surface area contributed by atoms with Gasteiger partial charge in [-0.15, -0.1) is 0 Å².